The van der Waals surface area contributed by atoms with Crippen LogP contribution in [0, 0.1) is 0 Å². The summed E-state index contributed by atoms with van der Waals surface area (Å²) in [6, 6.07) is 8.00. The predicted octanol–water partition coefficient (Wildman–Crippen LogP) is 3.28. The molecule has 0 spiro atoms. The summed E-state index contributed by atoms with van der Waals surface area (Å²) in [5.41, 5.74) is 8.07. The Morgan fingerprint density at radius 1 is 1.38 bits per heavy atom. The molecule has 1 atom stereocenters. The molecule has 2 rings (SSSR count). The van der Waals surface area contributed by atoms with Crippen LogP contribution in [0.2, 0.25) is 0 Å². The van der Waals surface area contributed by atoms with Crippen LogP contribution in [0.5, 0.6) is 5.75 Å². The Kier molecular flexibility index (Phi) is 3.26. The van der Waals surface area contributed by atoms with Crippen LogP contribution >= 0.6 is 11.8 Å². The van der Waals surface area contributed by atoms with E-state index in [-0.39, 0.29) is 4.93 Å². The van der Waals surface area contributed by atoms with Crippen LogP contribution in [0.3, 0.4) is 0 Å². The maximum Gasteiger partial charge on any atom is 0.159 e. The molecule has 2 N–H and O–H groups in total. The summed E-state index contributed by atoms with van der Waals surface area (Å²) in [5.74, 6) is 0.912. The number of hydrogen-bond acceptors (Lipinski definition) is 3. The number of benzene rings is 1. The molecule has 3 heteroatoms. The van der Waals surface area contributed by atoms with Gasteiger partial charge in [-0.3, -0.25) is 0 Å². The summed E-state index contributed by atoms with van der Waals surface area (Å²) in [4.78, 5) is -0.145. The van der Waals surface area contributed by atoms with E-state index in [1.165, 1.54) is 5.57 Å². The molecule has 0 aliphatic carbocycles. The van der Waals surface area contributed by atoms with E-state index in [1.54, 1.807) is 11.8 Å². The van der Waals surface area contributed by atoms with Crippen molar-refractivity contribution in [2.24, 2.45) is 5.73 Å². The fraction of sp³-hybridized carbons (Fsp3) is 0.385. The van der Waals surface area contributed by atoms with Crippen molar-refractivity contribution in [3.8, 4) is 5.75 Å². The zero-order valence-electron chi connectivity index (χ0n) is 9.69. The van der Waals surface area contributed by atoms with E-state index >= 15 is 0 Å². The first-order valence-electron chi connectivity index (χ1n) is 5.43. The lowest BCUT2D eigenvalue weighted by Crippen LogP contribution is -2.25. The van der Waals surface area contributed by atoms with Crippen LogP contribution in [0.15, 0.2) is 35.2 Å². The topological polar surface area (TPSA) is 35.2 Å². The first-order valence-corrected chi connectivity index (χ1v) is 6.31. The molecular formula is C13H17NOS. The van der Waals surface area contributed by atoms with Gasteiger partial charge in [0.1, 0.15) is 5.75 Å². The predicted molar refractivity (Wildman–Crippen MR) is 69.3 cm³/mol. The van der Waals surface area contributed by atoms with E-state index in [9.17, 15) is 0 Å². The molecule has 86 valence electrons. The van der Waals surface area contributed by atoms with Gasteiger partial charge in [-0.05, 0) is 37.0 Å². The van der Waals surface area contributed by atoms with Crippen molar-refractivity contribution in [2.45, 2.75) is 31.7 Å². The molecule has 0 amide bonds. The lowest BCUT2D eigenvalue weighted by atomic mass is 10.1. The van der Waals surface area contributed by atoms with Crippen LogP contribution in [0.25, 0.3) is 0 Å². The third-order valence-corrected chi connectivity index (χ3v) is 3.85. The second kappa shape index (κ2) is 4.52. The molecule has 0 fully saturated rings. The monoisotopic (exact) mass is 235 g/mol. The first kappa shape index (κ1) is 11.6. The number of thioether (sulfide) groups is 1. The molecule has 1 heterocycles. The molecule has 1 aromatic carbocycles. The number of ether oxygens (including phenoxy) is 1. The van der Waals surface area contributed by atoms with E-state index in [0.717, 1.165) is 17.7 Å². The smallest absolute Gasteiger partial charge is 0.159 e. The van der Waals surface area contributed by atoms with Crippen molar-refractivity contribution < 1.29 is 4.74 Å². The molecule has 1 aromatic rings. The Morgan fingerprint density at radius 2 is 2.06 bits per heavy atom. The van der Waals surface area contributed by atoms with Gasteiger partial charge in [-0.1, -0.05) is 29.5 Å². The molecule has 1 aliphatic rings. The van der Waals surface area contributed by atoms with Gasteiger partial charge in [0.2, 0.25) is 0 Å². The van der Waals surface area contributed by atoms with Gasteiger partial charge in [0.15, 0.2) is 4.93 Å². The molecule has 0 saturated carbocycles. The van der Waals surface area contributed by atoms with Crippen molar-refractivity contribution in [2.75, 3.05) is 0 Å². The number of nitrogens with two attached hydrogens (primary N) is 1. The summed E-state index contributed by atoms with van der Waals surface area (Å²) < 4.78 is 6.00. The molecular weight excluding hydrogens is 218 g/mol. The summed E-state index contributed by atoms with van der Waals surface area (Å²) >= 11 is 1.75. The Bertz CT molecular complexity index is 399. The van der Waals surface area contributed by atoms with Crippen molar-refractivity contribution in [3.63, 3.8) is 0 Å². The Morgan fingerprint density at radius 3 is 2.56 bits per heavy atom. The Labute approximate surface area is 101 Å². The normalized spacial score (nSPS) is 24.3. The van der Waals surface area contributed by atoms with Crippen molar-refractivity contribution >= 4 is 11.8 Å². The van der Waals surface area contributed by atoms with Crippen molar-refractivity contribution in [1.82, 2.24) is 0 Å². The minimum absolute atomic E-state index is 0.145. The van der Waals surface area contributed by atoms with Gasteiger partial charge in [0, 0.05) is 13.0 Å². The molecule has 1 unspecified atom stereocenters. The molecule has 0 aromatic heterocycles. The van der Waals surface area contributed by atoms with Gasteiger partial charge in [-0.2, -0.15) is 0 Å². The maximum absolute atomic E-state index is 6.00. The molecule has 2 nitrogen and oxygen atoms in total. The highest BCUT2D eigenvalue weighted by Gasteiger charge is 2.31. The quantitative estimate of drug-likeness (QED) is 0.873. The Balaban J connectivity index is 2.04. The maximum atomic E-state index is 6.00. The van der Waals surface area contributed by atoms with Gasteiger partial charge in [0.05, 0.1) is 0 Å². The average Bonchev–Trinajstić information content (AvgIpc) is 2.59. The molecule has 16 heavy (non-hydrogen) atoms. The van der Waals surface area contributed by atoms with E-state index in [2.05, 4.69) is 19.3 Å². The highest BCUT2D eigenvalue weighted by molar-refractivity contribution is 8.03. The van der Waals surface area contributed by atoms with Crippen LogP contribution in [-0.4, -0.2) is 4.93 Å². The molecule has 0 saturated heterocycles. The highest BCUT2D eigenvalue weighted by atomic mass is 32.2. The third kappa shape index (κ3) is 2.60. The summed E-state index contributed by atoms with van der Waals surface area (Å²) in [6.45, 7) is 4.84. The third-order valence-electron chi connectivity index (χ3n) is 2.60. The Hall–Kier alpha value is -0.930. The van der Waals surface area contributed by atoms with Gasteiger partial charge in [0.25, 0.3) is 0 Å². The zero-order valence-corrected chi connectivity index (χ0v) is 10.5. The largest absolute Gasteiger partial charge is 0.476 e. The molecule has 0 radical (unpaired) electrons. The fourth-order valence-electron chi connectivity index (χ4n) is 1.82. The molecule has 1 aliphatic heterocycles. The summed E-state index contributed by atoms with van der Waals surface area (Å²) in [5, 5.41) is 2.17. The van der Waals surface area contributed by atoms with Gasteiger partial charge in [-0.25, -0.2) is 0 Å². The minimum atomic E-state index is -0.145. The van der Waals surface area contributed by atoms with Gasteiger partial charge in [-0.15, -0.1) is 0 Å². The number of hydrogen-bond donors (Lipinski definition) is 1. The summed E-state index contributed by atoms with van der Waals surface area (Å²) in [6.07, 6.45) is 0.982. The van der Waals surface area contributed by atoms with Crippen molar-refractivity contribution in [3.05, 3.63) is 40.8 Å². The van der Waals surface area contributed by atoms with Crippen LogP contribution < -0.4 is 10.5 Å². The van der Waals surface area contributed by atoms with Crippen LogP contribution in [0.1, 0.15) is 25.8 Å². The highest BCUT2D eigenvalue weighted by Crippen LogP contribution is 2.41. The number of rotatable bonds is 3. The van der Waals surface area contributed by atoms with Crippen molar-refractivity contribution in [1.29, 1.82) is 0 Å². The van der Waals surface area contributed by atoms with E-state index < -0.39 is 0 Å². The van der Waals surface area contributed by atoms with E-state index in [0.29, 0.717) is 6.54 Å². The average molecular weight is 235 g/mol. The second-order valence-corrected chi connectivity index (χ2v) is 5.68. The van der Waals surface area contributed by atoms with Gasteiger partial charge >= 0.3 is 0 Å². The van der Waals surface area contributed by atoms with E-state index in [4.69, 9.17) is 10.5 Å². The SMILES string of the molecule is CC1=CSC(C)(Oc2ccc(CN)cc2)C1. The zero-order chi connectivity index (χ0) is 11.6. The lowest BCUT2D eigenvalue weighted by Gasteiger charge is -2.25. The standard InChI is InChI=1S/C13H17NOS/c1-10-7-13(2,16-9-10)15-12-5-3-11(8-14)4-6-12/h3-6,9H,7-8,14H2,1-2H3. The van der Waals surface area contributed by atoms with Crippen LogP contribution in [0.4, 0.5) is 0 Å². The van der Waals surface area contributed by atoms with Gasteiger partial charge < -0.3 is 10.5 Å². The minimum Gasteiger partial charge on any atom is -0.476 e. The van der Waals surface area contributed by atoms with Crippen LogP contribution in [-0.2, 0) is 6.54 Å². The summed E-state index contributed by atoms with van der Waals surface area (Å²) in [7, 11) is 0. The molecule has 0 bridgehead atoms. The van der Waals surface area contributed by atoms with E-state index in [1.807, 2.05) is 24.3 Å². The lowest BCUT2D eigenvalue weighted by molar-refractivity contribution is 0.190. The second-order valence-electron chi connectivity index (χ2n) is 4.34. The first-order chi connectivity index (χ1) is 7.61. The fourth-order valence-corrected chi connectivity index (χ4v) is 2.81.